The fourth-order valence-electron chi connectivity index (χ4n) is 2.72. The maximum absolute atomic E-state index is 11.8. The van der Waals surface area contributed by atoms with Crippen LogP contribution in [0.25, 0.3) is 0 Å². The summed E-state index contributed by atoms with van der Waals surface area (Å²) in [5.41, 5.74) is 8.05. The van der Waals surface area contributed by atoms with Crippen LogP contribution in [0.1, 0.15) is 21.5 Å². The van der Waals surface area contributed by atoms with Gasteiger partial charge in [-0.25, -0.2) is 0 Å². The minimum absolute atomic E-state index is 0. The van der Waals surface area contributed by atoms with E-state index < -0.39 is 5.91 Å². The number of ether oxygens (including phenoxy) is 2. The highest BCUT2D eigenvalue weighted by Crippen LogP contribution is 2.25. The number of amides is 1. The summed E-state index contributed by atoms with van der Waals surface area (Å²) < 4.78 is 11.5. The van der Waals surface area contributed by atoms with Crippen LogP contribution in [0, 0.1) is 0 Å². The number of nitrogens with two attached hydrogens (primary N) is 1. The van der Waals surface area contributed by atoms with Gasteiger partial charge >= 0.3 is 0 Å². The Morgan fingerprint density at radius 1 is 0.862 bits per heavy atom. The van der Waals surface area contributed by atoms with Gasteiger partial charge in [0.15, 0.2) is 0 Å². The molecule has 0 aliphatic carbocycles. The quantitative estimate of drug-likeness (QED) is 0.494. The molecule has 3 N–H and O–H groups in total. The van der Waals surface area contributed by atoms with Crippen LogP contribution in [-0.4, -0.2) is 19.1 Å². The van der Waals surface area contributed by atoms with Gasteiger partial charge in [-0.3, -0.25) is 4.79 Å². The second-order valence-corrected chi connectivity index (χ2v) is 6.31. The van der Waals surface area contributed by atoms with Crippen LogP contribution in [0.2, 0.25) is 0 Å². The molecular weight excluding hydrogens is 388 g/mol. The van der Waals surface area contributed by atoms with E-state index in [1.165, 1.54) is 5.56 Å². The van der Waals surface area contributed by atoms with Crippen molar-refractivity contribution >= 4 is 18.3 Å². The molecule has 1 amide bonds. The van der Waals surface area contributed by atoms with Crippen molar-refractivity contribution in [2.75, 3.05) is 13.2 Å². The number of benzene rings is 3. The summed E-state index contributed by atoms with van der Waals surface area (Å²) in [7, 11) is 0. The van der Waals surface area contributed by atoms with Crippen LogP contribution in [0.5, 0.6) is 11.5 Å². The minimum atomic E-state index is -0.546. The standard InChI is InChI=1S/C23H24N2O3.ClH/c24-23(26)21-15-20(27-14-13-25-16-18-7-3-1-4-8-18)11-12-22(21)28-17-19-9-5-2-6-10-19;/h1-12,15,25H,13-14,16-17H2,(H2,24,26);1H. The number of primary amides is 1. The number of nitrogens with one attached hydrogen (secondary N) is 1. The third-order valence-corrected chi connectivity index (χ3v) is 4.17. The summed E-state index contributed by atoms with van der Waals surface area (Å²) in [6.07, 6.45) is 0. The van der Waals surface area contributed by atoms with Gasteiger partial charge in [-0.2, -0.15) is 0 Å². The smallest absolute Gasteiger partial charge is 0.252 e. The van der Waals surface area contributed by atoms with E-state index in [0.29, 0.717) is 36.8 Å². The molecule has 152 valence electrons. The molecule has 6 heteroatoms. The third-order valence-electron chi connectivity index (χ3n) is 4.17. The van der Waals surface area contributed by atoms with E-state index in [1.807, 2.05) is 48.5 Å². The Labute approximate surface area is 177 Å². The summed E-state index contributed by atoms with van der Waals surface area (Å²) in [4.78, 5) is 11.8. The first kappa shape index (κ1) is 22.3. The molecular formula is C23H25ClN2O3. The maximum atomic E-state index is 11.8. The Bertz CT molecular complexity index is 889. The number of rotatable bonds is 10. The van der Waals surface area contributed by atoms with Gasteiger partial charge in [0.2, 0.25) is 0 Å². The number of carbonyl (C=O) groups is 1. The van der Waals surface area contributed by atoms with E-state index in [-0.39, 0.29) is 12.4 Å². The fraction of sp³-hybridized carbons (Fsp3) is 0.174. The van der Waals surface area contributed by atoms with E-state index in [9.17, 15) is 4.79 Å². The van der Waals surface area contributed by atoms with E-state index in [4.69, 9.17) is 15.2 Å². The summed E-state index contributed by atoms with van der Waals surface area (Å²) in [5, 5.41) is 3.32. The predicted octanol–water partition coefficient (Wildman–Crippen LogP) is 3.95. The first-order valence-electron chi connectivity index (χ1n) is 9.20. The average molecular weight is 413 g/mol. The van der Waals surface area contributed by atoms with Crippen molar-refractivity contribution in [3.05, 3.63) is 95.6 Å². The molecule has 0 aliphatic heterocycles. The molecule has 3 aromatic carbocycles. The van der Waals surface area contributed by atoms with Gasteiger partial charge in [-0.15, -0.1) is 12.4 Å². The van der Waals surface area contributed by atoms with Crippen LogP contribution < -0.4 is 20.5 Å². The Morgan fingerprint density at radius 2 is 1.52 bits per heavy atom. The number of halogens is 1. The molecule has 0 saturated heterocycles. The molecule has 5 nitrogen and oxygen atoms in total. The SMILES string of the molecule is Cl.NC(=O)c1cc(OCCNCc2ccccc2)ccc1OCc1ccccc1. The Balaban J connectivity index is 0.00000300. The maximum Gasteiger partial charge on any atom is 0.252 e. The minimum Gasteiger partial charge on any atom is -0.492 e. The van der Waals surface area contributed by atoms with Crippen molar-refractivity contribution in [3.63, 3.8) is 0 Å². The highest BCUT2D eigenvalue weighted by molar-refractivity contribution is 5.96. The van der Waals surface area contributed by atoms with Crippen LogP contribution in [0.4, 0.5) is 0 Å². The van der Waals surface area contributed by atoms with Crippen molar-refractivity contribution in [3.8, 4) is 11.5 Å². The van der Waals surface area contributed by atoms with Gasteiger partial charge in [-0.05, 0) is 29.3 Å². The monoisotopic (exact) mass is 412 g/mol. The Kier molecular flexibility index (Phi) is 9.02. The molecule has 0 unspecified atom stereocenters. The zero-order valence-electron chi connectivity index (χ0n) is 16.0. The zero-order chi connectivity index (χ0) is 19.6. The molecule has 0 aromatic heterocycles. The van der Waals surface area contributed by atoms with Gasteiger partial charge in [0.05, 0.1) is 5.56 Å². The summed E-state index contributed by atoms with van der Waals surface area (Å²) >= 11 is 0. The van der Waals surface area contributed by atoms with Crippen molar-refractivity contribution in [1.29, 1.82) is 0 Å². The van der Waals surface area contributed by atoms with E-state index in [0.717, 1.165) is 12.1 Å². The fourth-order valence-corrected chi connectivity index (χ4v) is 2.72. The second-order valence-electron chi connectivity index (χ2n) is 6.31. The lowest BCUT2D eigenvalue weighted by Crippen LogP contribution is -2.20. The molecule has 3 aromatic rings. The predicted molar refractivity (Wildman–Crippen MR) is 117 cm³/mol. The van der Waals surface area contributed by atoms with Gasteiger partial charge in [0.25, 0.3) is 5.91 Å². The molecule has 0 saturated carbocycles. The molecule has 3 rings (SSSR count). The van der Waals surface area contributed by atoms with Gasteiger partial charge < -0.3 is 20.5 Å². The average Bonchev–Trinajstić information content (AvgIpc) is 2.74. The topological polar surface area (TPSA) is 73.6 Å². The van der Waals surface area contributed by atoms with Gasteiger partial charge in [-0.1, -0.05) is 60.7 Å². The van der Waals surface area contributed by atoms with Crippen molar-refractivity contribution in [1.82, 2.24) is 5.32 Å². The zero-order valence-corrected chi connectivity index (χ0v) is 16.9. The summed E-state index contributed by atoms with van der Waals surface area (Å²) in [6, 6.07) is 25.0. The highest BCUT2D eigenvalue weighted by Gasteiger charge is 2.11. The molecule has 0 aliphatic rings. The van der Waals surface area contributed by atoms with Crippen LogP contribution in [0.15, 0.2) is 78.9 Å². The van der Waals surface area contributed by atoms with E-state index >= 15 is 0 Å². The third kappa shape index (κ3) is 7.14. The first-order chi connectivity index (χ1) is 13.7. The second kappa shape index (κ2) is 11.7. The van der Waals surface area contributed by atoms with Gasteiger partial charge in [0, 0.05) is 13.1 Å². The molecule has 0 heterocycles. The van der Waals surface area contributed by atoms with Crippen molar-refractivity contribution in [2.45, 2.75) is 13.2 Å². The van der Waals surface area contributed by atoms with Crippen LogP contribution in [0.3, 0.4) is 0 Å². The highest BCUT2D eigenvalue weighted by atomic mass is 35.5. The molecule has 0 spiro atoms. The number of carbonyl (C=O) groups excluding carboxylic acids is 1. The molecule has 0 bridgehead atoms. The van der Waals surface area contributed by atoms with Crippen LogP contribution in [-0.2, 0) is 13.2 Å². The molecule has 29 heavy (non-hydrogen) atoms. The van der Waals surface area contributed by atoms with Gasteiger partial charge in [0.1, 0.15) is 24.7 Å². The van der Waals surface area contributed by atoms with Crippen molar-refractivity contribution in [2.24, 2.45) is 5.73 Å². The number of hydrogen-bond acceptors (Lipinski definition) is 4. The molecule has 0 atom stereocenters. The normalized spacial score (nSPS) is 10.1. The van der Waals surface area contributed by atoms with Crippen molar-refractivity contribution < 1.29 is 14.3 Å². The summed E-state index contributed by atoms with van der Waals surface area (Å²) in [6.45, 7) is 2.32. The van der Waals surface area contributed by atoms with Crippen LogP contribution >= 0.6 is 12.4 Å². The van der Waals surface area contributed by atoms with E-state index in [1.54, 1.807) is 18.2 Å². The van der Waals surface area contributed by atoms with E-state index in [2.05, 4.69) is 17.4 Å². The first-order valence-corrected chi connectivity index (χ1v) is 9.20. The lowest BCUT2D eigenvalue weighted by molar-refractivity contribution is 0.0995. The molecule has 0 fully saturated rings. The lowest BCUT2D eigenvalue weighted by Gasteiger charge is -2.12. The Hall–Kier alpha value is -3.02. The summed E-state index contributed by atoms with van der Waals surface area (Å²) in [5.74, 6) is 0.490. The number of hydrogen-bond donors (Lipinski definition) is 2. The Morgan fingerprint density at radius 3 is 2.17 bits per heavy atom. The largest absolute Gasteiger partial charge is 0.492 e. The molecule has 0 radical (unpaired) electrons. The lowest BCUT2D eigenvalue weighted by atomic mass is 10.1.